The third kappa shape index (κ3) is 3.68. The fourth-order valence-electron chi connectivity index (χ4n) is 1.87. The van der Waals surface area contributed by atoms with E-state index in [9.17, 15) is 13.2 Å². The molecule has 9 nitrogen and oxygen atoms in total. The van der Waals surface area contributed by atoms with Crippen LogP contribution in [-0.2, 0) is 21.2 Å². The molecule has 0 fully saturated rings. The summed E-state index contributed by atoms with van der Waals surface area (Å²) in [5.74, 6) is -0.220. The van der Waals surface area contributed by atoms with E-state index in [1.807, 2.05) is 0 Å². The monoisotopic (exact) mass is 352 g/mol. The van der Waals surface area contributed by atoms with Gasteiger partial charge in [-0.05, 0) is 28.6 Å². The van der Waals surface area contributed by atoms with E-state index in [0.717, 1.165) is 11.0 Å². The average molecular weight is 352 g/mol. The third-order valence-corrected chi connectivity index (χ3v) is 5.06. The van der Waals surface area contributed by atoms with E-state index in [1.54, 1.807) is 6.07 Å². The summed E-state index contributed by atoms with van der Waals surface area (Å²) in [6.07, 6.45) is 2.77. The molecule has 0 saturated heterocycles. The predicted molar refractivity (Wildman–Crippen MR) is 83.8 cm³/mol. The van der Waals surface area contributed by atoms with Crippen LogP contribution in [0.2, 0.25) is 0 Å². The van der Waals surface area contributed by atoms with Gasteiger partial charge in [-0.15, -0.1) is 5.10 Å². The number of carbonyl (C=O) groups excluding carboxylic acids is 1. The van der Waals surface area contributed by atoms with E-state index in [0.29, 0.717) is 17.2 Å². The second-order valence-corrected chi connectivity index (χ2v) is 7.84. The molecular formula is C12H12N6O3S2. The maximum Gasteiger partial charge on any atom is 0.228 e. The molecule has 23 heavy (non-hydrogen) atoms. The summed E-state index contributed by atoms with van der Waals surface area (Å²) in [5.41, 5.74) is 0.536. The van der Waals surface area contributed by atoms with Crippen molar-refractivity contribution in [2.75, 3.05) is 11.6 Å². The first-order valence-electron chi connectivity index (χ1n) is 6.53. The summed E-state index contributed by atoms with van der Waals surface area (Å²) in [6, 6.07) is 4.71. The number of tetrazole rings is 1. The van der Waals surface area contributed by atoms with Crippen molar-refractivity contribution < 1.29 is 13.2 Å². The number of aryl methyl sites for hydroxylation is 1. The van der Waals surface area contributed by atoms with Crippen molar-refractivity contribution >= 4 is 42.4 Å². The number of nitrogens with one attached hydrogen (secondary N) is 1. The van der Waals surface area contributed by atoms with Gasteiger partial charge in [0.1, 0.15) is 6.33 Å². The Morgan fingerprint density at radius 3 is 2.91 bits per heavy atom. The smallest absolute Gasteiger partial charge is 0.228 e. The molecule has 1 aromatic carbocycles. The van der Waals surface area contributed by atoms with Crippen LogP contribution in [0.3, 0.4) is 0 Å². The first kappa shape index (κ1) is 15.5. The number of nitrogens with zero attached hydrogens (tertiary/aromatic N) is 5. The molecule has 3 aromatic rings. The lowest BCUT2D eigenvalue weighted by atomic mass is 10.3. The van der Waals surface area contributed by atoms with Crippen molar-refractivity contribution in [1.29, 1.82) is 0 Å². The molecule has 0 radical (unpaired) electrons. The Hall–Kier alpha value is -2.40. The molecule has 0 saturated carbocycles. The van der Waals surface area contributed by atoms with Crippen LogP contribution in [0.25, 0.3) is 10.2 Å². The van der Waals surface area contributed by atoms with Crippen LogP contribution in [0.15, 0.2) is 29.4 Å². The molecule has 0 aliphatic rings. The van der Waals surface area contributed by atoms with Gasteiger partial charge in [-0.25, -0.2) is 18.1 Å². The summed E-state index contributed by atoms with van der Waals surface area (Å²) >= 11 is 1.28. The van der Waals surface area contributed by atoms with Crippen LogP contribution in [0.1, 0.15) is 6.42 Å². The Morgan fingerprint density at radius 1 is 1.39 bits per heavy atom. The van der Waals surface area contributed by atoms with E-state index < -0.39 is 9.84 Å². The molecule has 1 N–H and O–H groups in total. The molecule has 0 spiro atoms. The van der Waals surface area contributed by atoms with Crippen LogP contribution in [0.5, 0.6) is 0 Å². The lowest BCUT2D eigenvalue weighted by Crippen LogP contribution is -2.14. The van der Waals surface area contributed by atoms with Gasteiger partial charge in [0.15, 0.2) is 15.0 Å². The minimum absolute atomic E-state index is 0.201. The Morgan fingerprint density at radius 2 is 2.22 bits per heavy atom. The molecule has 3 rings (SSSR count). The van der Waals surface area contributed by atoms with Gasteiger partial charge in [0, 0.05) is 12.7 Å². The zero-order chi connectivity index (χ0) is 16.4. The highest BCUT2D eigenvalue weighted by Crippen LogP contribution is 2.27. The minimum atomic E-state index is -3.29. The Bertz CT molecular complexity index is 949. The van der Waals surface area contributed by atoms with Gasteiger partial charge in [-0.2, -0.15) is 0 Å². The molecular weight excluding hydrogens is 340 g/mol. The van der Waals surface area contributed by atoms with Gasteiger partial charge >= 0.3 is 0 Å². The van der Waals surface area contributed by atoms with Crippen molar-refractivity contribution in [1.82, 2.24) is 25.2 Å². The molecule has 0 unspecified atom stereocenters. The maximum atomic E-state index is 11.9. The van der Waals surface area contributed by atoms with Crippen molar-refractivity contribution in [2.45, 2.75) is 17.9 Å². The van der Waals surface area contributed by atoms with E-state index in [-0.39, 0.29) is 17.2 Å². The highest BCUT2D eigenvalue weighted by molar-refractivity contribution is 7.90. The topological polar surface area (TPSA) is 120 Å². The van der Waals surface area contributed by atoms with E-state index in [2.05, 4.69) is 25.8 Å². The number of carbonyl (C=O) groups is 1. The highest BCUT2D eigenvalue weighted by atomic mass is 32.2. The van der Waals surface area contributed by atoms with E-state index in [4.69, 9.17) is 0 Å². The highest BCUT2D eigenvalue weighted by Gasteiger charge is 2.12. The summed E-state index contributed by atoms with van der Waals surface area (Å²) in [6.45, 7) is 0.363. The van der Waals surface area contributed by atoms with Gasteiger partial charge in [0.25, 0.3) is 0 Å². The Labute approximate surface area is 135 Å². The maximum absolute atomic E-state index is 11.9. The molecule has 120 valence electrons. The van der Waals surface area contributed by atoms with Crippen LogP contribution in [0, 0.1) is 0 Å². The van der Waals surface area contributed by atoms with Crippen molar-refractivity contribution in [3.05, 3.63) is 24.5 Å². The third-order valence-electron chi connectivity index (χ3n) is 2.99. The summed E-state index contributed by atoms with van der Waals surface area (Å²) < 4.78 is 25.3. The first-order chi connectivity index (χ1) is 10.9. The fraction of sp³-hybridized carbons (Fsp3) is 0.250. The van der Waals surface area contributed by atoms with E-state index in [1.165, 1.54) is 34.5 Å². The number of aromatic nitrogens is 5. The van der Waals surface area contributed by atoms with Crippen LogP contribution < -0.4 is 5.32 Å². The average Bonchev–Trinajstić information content (AvgIpc) is 3.12. The van der Waals surface area contributed by atoms with Crippen molar-refractivity contribution in [2.24, 2.45) is 0 Å². The summed E-state index contributed by atoms with van der Waals surface area (Å²) in [7, 11) is -3.29. The van der Waals surface area contributed by atoms with Gasteiger partial charge in [-0.3, -0.25) is 4.79 Å². The molecule has 0 bridgehead atoms. The normalized spacial score (nSPS) is 11.7. The zero-order valence-corrected chi connectivity index (χ0v) is 13.6. The number of fused-ring (bicyclic) bond motifs is 1. The lowest BCUT2D eigenvalue weighted by Gasteiger charge is -2.00. The number of anilines is 1. The number of hydrogen-bond acceptors (Lipinski definition) is 8. The van der Waals surface area contributed by atoms with Crippen molar-refractivity contribution in [3.8, 4) is 0 Å². The molecule has 11 heteroatoms. The number of hydrogen-bond donors (Lipinski definition) is 1. The molecule has 1 amide bonds. The van der Waals surface area contributed by atoms with Crippen LogP contribution in [0.4, 0.5) is 5.13 Å². The fourth-order valence-corrected chi connectivity index (χ4v) is 3.38. The van der Waals surface area contributed by atoms with Gasteiger partial charge in [-0.1, -0.05) is 11.3 Å². The van der Waals surface area contributed by atoms with Gasteiger partial charge < -0.3 is 5.32 Å². The first-order valence-corrected chi connectivity index (χ1v) is 9.24. The van der Waals surface area contributed by atoms with Crippen LogP contribution >= 0.6 is 11.3 Å². The summed E-state index contributed by atoms with van der Waals surface area (Å²) in [4.78, 5) is 16.3. The van der Waals surface area contributed by atoms with E-state index >= 15 is 0 Å². The molecule has 2 aromatic heterocycles. The minimum Gasteiger partial charge on any atom is -0.302 e. The number of sulfone groups is 1. The molecule has 0 aliphatic heterocycles. The van der Waals surface area contributed by atoms with Crippen LogP contribution in [-0.4, -0.2) is 45.8 Å². The Kier molecular flexibility index (Phi) is 4.05. The van der Waals surface area contributed by atoms with Gasteiger partial charge in [0.05, 0.1) is 21.7 Å². The molecule has 0 aliphatic carbocycles. The van der Waals surface area contributed by atoms with Crippen molar-refractivity contribution in [3.63, 3.8) is 0 Å². The molecule has 2 heterocycles. The second kappa shape index (κ2) is 6.01. The Balaban J connectivity index is 1.71. The number of benzene rings is 1. The standard InChI is InChI=1S/C12H12N6O3S2/c1-23(20,21)8-2-3-10-9(6-8)14-12(22-10)15-11(19)4-5-18-7-13-16-17-18/h2-3,6-7H,4-5H2,1H3,(H,14,15,19). The predicted octanol–water partition coefficient (Wildman–Crippen LogP) is 0.715. The molecule has 0 atom stereocenters. The van der Waals surface area contributed by atoms with Gasteiger partial charge in [0.2, 0.25) is 5.91 Å². The SMILES string of the molecule is CS(=O)(=O)c1ccc2sc(NC(=O)CCn3cnnn3)nc2c1. The number of thiazole rings is 1. The summed E-state index contributed by atoms with van der Waals surface area (Å²) in [5, 5.41) is 13.7. The lowest BCUT2D eigenvalue weighted by molar-refractivity contribution is -0.116. The largest absolute Gasteiger partial charge is 0.302 e. The number of rotatable bonds is 5. The number of amides is 1. The zero-order valence-electron chi connectivity index (χ0n) is 12.0. The second-order valence-electron chi connectivity index (χ2n) is 4.79. The quantitative estimate of drug-likeness (QED) is 0.718.